The predicted molar refractivity (Wildman–Crippen MR) is 112 cm³/mol. The first-order chi connectivity index (χ1) is 12.8. The van der Waals surface area contributed by atoms with Crippen LogP contribution in [0.5, 0.6) is 0 Å². The molecule has 1 fully saturated rings. The summed E-state index contributed by atoms with van der Waals surface area (Å²) in [7, 11) is -3.98. The van der Waals surface area contributed by atoms with Crippen LogP contribution >= 0.6 is 23.4 Å². The fourth-order valence-corrected chi connectivity index (χ4v) is 4.83. The molecule has 0 aromatic heterocycles. The summed E-state index contributed by atoms with van der Waals surface area (Å²) < 4.78 is 26.6. The Morgan fingerprint density at radius 3 is 2.70 bits per heavy atom. The number of anilines is 3. The van der Waals surface area contributed by atoms with Gasteiger partial charge in [0.15, 0.2) is 0 Å². The number of nitrogen functional groups attached to an aromatic ring is 1. The summed E-state index contributed by atoms with van der Waals surface area (Å²) in [5.74, 6) is 0. The molecule has 0 bridgehead atoms. The molecule has 0 radical (unpaired) electrons. The van der Waals surface area contributed by atoms with Crippen LogP contribution in [-0.2, 0) is 10.0 Å². The minimum atomic E-state index is -3.98. The van der Waals surface area contributed by atoms with Crippen LogP contribution in [0.1, 0.15) is 12.0 Å². The summed E-state index contributed by atoms with van der Waals surface area (Å²) in [5, 5.41) is 3.77. The van der Waals surface area contributed by atoms with Crippen molar-refractivity contribution in [3.8, 4) is 0 Å². The molecule has 3 N–H and O–H groups in total. The zero-order valence-electron chi connectivity index (χ0n) is 15.0. The second-order valence-electron chi connectivity index (χ2n) is 6.42. The van der Waals surface area contributed by atoms with E-state index in [1.165, 1.54) is 12.1 Å². The van der Waals surface area contributed by atoms with E-state index in [9.17, 15) is 8.42 Å². The molecule has 6 nitrogen and oxygen atoms in total. The van der Waals surface area contributed by atoms with Crippen molar-refractivity contribution in [3.05, 3.63) is 47.0 Å². The Balaban J connectivity index is 1.93. The van der Waals surface area contributed by atoms with Crippen molar-refractivity contribution >= 4 is 50.5 Å². The first-order valence-electron chi connectivity index (χ1n) is 8.64. The minimum Gasteiger partial charge on any atom is -0.397 e. The van der Waals surface area contributed by atoms with Gasteiger partial charge in [0.05, 0.1) is 22.0 Å². The Kier molecular flexibility index (Phi) is 6.05. The van der Waals surface area contributed by atoms with Crippen LogP contribution in [0.4, 0.5) is 17.1 Å². The number of nitrogens with zero attached hydrogens (tertiary/aromatic N) is 2. The molecular weight excluding hydrogens is 407 g/mol. The van der Waals surface area contributed by atoms with Gasteiger partial charge in [0, 0.05) is 36.4 Å². The number of rotatable bonds is 4. The molecule has 9 heteroatoms. The van der Waals surface area contributed by atoms with Gasteiger partial charge in [0.2, 0.25) is 0 Å². The van der Waals surface area contributed by atoms with E-state index in [0.29, 0.717) is 22.0 Å². The third-order valence-corrected chi connectivity index (χ3v) is 7.22. The molecule has 27 heavy (non-hydrogen) atoms. The normalized spacial score (nSPS) is 15.4. The van der Waals surface area contributed by atoms with Crippen molar-refractivity contribution in [2.75, 3.05) is 40.6 Å². The number of hydrogen-bond donors (Lipinski definition) is 2. The molecule has 0 amide bonds. The number of nitrogens with one attached hydrogen (secondary N) is 1. The first kappa shape index (κ1) is 20.1. The van der Waals surface area contributed by atoms with Crippen molar-refractivity contribution in [3.63, 3.8) is 0 Å². The Bertz CT molecular complexity index is 929. The number of benzene rings is 2. The highest BCUT2D eigenvalue weighted by atomic mass is 35.5. The monoisotopic (exact) mass is 428 g/mol. The molecule has 146 valence electrons. The van der Waals surface area contributed by atoms with Gasteiger partial charge in [-0.2, -0.15) is 12.2 Å². The predicted octanol–water partition coefficient (Wildman–Crippen LogP) is 3.38. The van der Waals surface area contributed by atoms with Crippen molar-refractivity contribution in [2.45, 2.75) is 18.2 Å². The molecule has 0 atom stereocenters. The van der Waals surface area contributed by atoms with Crippen LogP contribution in [0.2, 0.25) is 5.02 Å². The summed E-state index contributed by atoms with van der Waals surface area (Å²) >= 11 is 12.3. The lowest BCUT2D eigenvalue weighted by Gasteiger charge is -2.25. The fraction of sp³-hybridized carbons (Fsp3) is 0.333. The summed E-state index contributed by atoms with van der Waals surface area (Å²) in [6, 6.07) is 9.67. The van der Waals surface area contributed by atoms with Gasteiger partial charge < -0.3 is 16.0 Å². The second kappa shape index (κ2) is 8.14. The van der Waals surface area contributed by atoms with Gasteiger partial charge in [-0.1, -0.05) is 17.7 Å². The average molecular weight is 429 g/mol. The number of halogens is 2. The maximum atomic E-state index is 13.0. The summed E-state index contributed by atoms with van der Waals surface area (Å²) in [6.07, 6.45) is 1.00. The maximum Gasteiger partial charge on any atom is 0.278 e. The van der Waals surface area contributed by atoms with Crippen molar-refractivity contribution in [1.82, 2.24) is 5.32 Å². The Labute approximate surface area is 170 Å². The third-order valence-electron chi connectivity index (χ3n) is 4.62. The summed E-state index contributed by atoms with van der Waals surface area (Å²) in [6.45, 7) is 5.23. The molecular formula is C18H22Cl2N4O2S. The van der Waals surface area contributed by atoms with Gasteiger partial charge in [-0.3, -0.25) is 0 Å². The zero-order valence-corrected chi connectivity index (χ0v) is 17.3. The van der Waals surface area contributed by atoms with Crippen molar-refractivity contribution < 1.29 is 8.42 Å². The lowest BCUT2D eigenvalue weighted by atomic mass is 10.2. The van der Waals surface area contributed by atoms with Gasteiger partial charge in [0.25, 0.3) is 10.0 Å². The van der Waals surface area contributed by atoms with Gasteiger partial charge in [-0.25, -0.2) is 0 Å². The quantitative estimate of drug-likeness (QED) is 0.576. The lowest BCUT2D eigenvalue weighted by molar-refractivity contribution is 0.598. The molecule has 3 rings (SSSR count). The van der Waals surface area contributed by atoms with Crippen LogP contribution in [0, 0.1) is 6.92 Å². The van der Waals surface area contributed by atoms with Gasteiger partial charge in [-0.05, 0) is 55.8 Å². The van der Waals surface area contributed by atoms with E-state index in [1.54, 1.807) is 31.2 Å². The minimum absolute atomic E-state index is 0.0334. The molecule has 1 heterocycles. The Morgan fingerprint density at radius 2 is 1.96 bits per heavy atom. The van der Waals surface area contributed by atoms with E-state index in [1.807, 2.05) is 0 Å². The van der Waals surface area contributed by atoms with E-state index in [4.69, 9.17) is 29.1 Å². The molecule has 0 spiro atoms. The van der Waals surface area contributed by atoms with E-state index in [0.717, 1.165) is 42.1 Å². The van der Waals surface area contributed by atoms with Crippen LogP contribution in [0.3, 0.4) is 0 Å². The van der Waals surface area contributed by atoms with Gasteiger partial charge >= 0.3 is 0 Å². The molecule has 0 saturated carbocycles. The number of sulfonamides is 1. The van der Waals surface area contributed by atoms with Crippen LogP contribution in [-0.4, -0.2) is 34.6 Å². The Morgan fingerprint density at radius 1 is 1.19 bits per heavy atom. The van der Waals surface area contributed by atoms with Crippen LogP contribution in [0.25, 0.3) is 0 Å². The van der Waals surface area contributed by atoms with Gasteiger partial charge in [0.1, 0.15) is 0 Å². The van der Waals surface area contributed by atoms with E-state index in [-0.39, 0.29) is 4.90 Å². The van der Waals surface area contributed by atoms with Crippen molar-refractivity contribution in [1.29, 1.82) is 0 Å². The highest BCUT2D eigenvalue weighted by molar-refractivity contribution is 7.94. The molecule has 1 aliphatic rings. The fourth-order valence-electron chi connectivity index (χ4n) is 3.08. The number of hydrogen-bond acceptors (Lipinski definition) is 5. The highest BCUT2D eigenvalue weighted by Gasteiger charge is 2.26. The maximum absolute atomic E-state index is 13.0. The highest BCUT2D eigenvalue weighted by Crippen LogP contribution is 2.34. The first-order valence-corrected chi connectivity index (χ1v) is 10.8. The zero-order chi connectivity index (χ0) is 19.6. The van der Waals surface area contributed by atoms with E-state index >= 15 is 0 Å². The van der Waals surface area contributed by atoms with Gasteiger partial charge in [-0.15, -0.1) is 0 Å². The molecule has 2 aromatic carbocycles. The van der Waals surface area contributed by atoms with E-state index < -0.39 is 10.0 Å². The Hall–Kier alpha value is -1.67. The molecule has 0 aliphatic carbocycles. The van der Waals surface area contributed by atoms with E-state index in [2.05, 4.69) is 10.2 Å². The van der Waals surface area contributed by atoms with Crippen LogP contribution < -0.4 is 19.8 Å². The SMILES string of the molecule is Cc1c(Cl)cccc1N(Cl)S(=O)(=O)c1ccc(N2CCCNCC2)c(N)c1. The third kappa shape index (κ3) is 4.11. The largest absolute Gasteiger partial charge is 0.397 e. The summed E-state index contributed by atoms with van der Waals surface area (Å²) in [4.78, 5) is 2.19. The number of nitrogens with two attached hydrogens (primary N) is 1. The summed E-state index contributed by atoms with van der Waals surface area (Å²) in [5.41, 5.74) is 8.32. The molecule has 1 saturated heterocycles. The van der Waals surface area contributed by atoms with Crippen LogP contribution in [0.15, 0.2) is 41.3 Å². The topological polar surface area (TPSA) is 78.7 Å². The standard InChI is InChI=1S/C18H22Cl2N4O2S/c1-13-15(19)4-2-5-17(13)24(20)27(25,26)14-6-7-18(16(21)12-14)23-10-3-8-22-9-11-23/h2,4-7,12,22H,3,8-11,21H2,1H3. The molecule has 1 aliphatic heterocycles. The average Bonchev–Trinajstić information content (AvgIpc) is 2.92. The lowest BCUT2D eigenvalue weighted by Crippen LogP contribution is -2.28. The second-order valence-corrected chi connectivity index (χ2v) is 9.15. The van der Waals surface area contributed by atoms with Crippen molar-refractivity contribution in [2.24, 2.45) is 0 Å². The molecule has 2 aromatic rings. The smallest absolute Gasteiger partial charge is 0.278 e. The molecule has 0 unspecified atom stereocenters.